The Hall–Kier alpha value is -1.44. The quantitative estimate of drug-likeness (QED) is 0.0486. The average molecular weight is 584 g/mol. The van der Waals surface area contributed by atoms with Gasteiger partial charge in [-0.2, -0.15) is 8.42 Å². The molecule has 0 aliphatic carbocycles. The molecule has 3 N–H and O–H groups in total. The monoisotopic (exact) mass is 583 g/mol. The van der Waals surface area contributed by atoms with Gasteiger partial charge in [0, 0.05) is 6.42 Å². The molecular weight excluding hydrogens is 522 g/mol. The van der Waals surface area contributed by atoms with Crippen LogP contribution < -0.4 is 5.32 Å². The molecule has 0 aliphatic rings. The SMILES string of the molecule is CCCCC/C=C\C/C=C\C/C=C\CCCCCCCCC(=O)NC(CS(=O)(=O)O)C(O)CCCCCCCC. The highest BCUT2D eigenvalue weighted by Crippen LogP contribution is 2.13. The highest BCUT2D eigenvalue weighted by Gasteiger charge is 2.26. The van der Waals surface area contributed by atoms with E-state index in [0.29, 0.717) is 12.8 Å². The van der Waals surface area contributed by atoms with Crippen LogP contribution in [0.25, 0.3) is 0 Å². The van der Waals surface area contributed by atoms with Gasteiger partial charge in [-0.3, -0.25) is 9.35 Å². The first kappa shape index (κ1) is 38.6. The number of nitrogens with one attached hydrogen (secondary N) is 1. The number of hydrogen-bond donors (Lipinski definition) is 3. The van der Waals surface area contributed by atoms with Crippen molar-refractivity contribution in [2.24, 2.45) is 0 Å². The Morgan fingerprint density at radius 2 is 1.12 bits per heavy atom. The lowest BCUT2D eigenvalue weighted by Crippen LogP contribution is -2.47. The van der Waals surface area contributed by atoms with Crippen LogP contribution in [-0.2, 0) is 14.9 Å². The topological polar surface area (TPSA) is 104 Å². The van der Waals surface area contributed by atoms with Crippen LogP contribution in [-0.4, -0.2) is 41.9 Å². The number of aliphatic hydroxyl groups excluding tert-OH is 1. The molecule has 0 aromatic heterocycles. The maximum Gasteiger partial charge on any atom is 0.266 e. The van der Waals surface area contributed by atoms with Gasteiger partial charge in [0.2, 0.25) is 5.91 Å². The zero-order chi connectivity index (χ0) is 29.7. The van der Waals surface area contributed by atoms with Crippen LogP contribution in [0.2, 0.25) is 0 Å². The number of hydrogen-bond acceptors (Lipinski definition) is 4. The largest absolute Gasteiger partial charge is 0.391 e. The van der Waals surface area contributed by atoms with Crippen molar-refractivity contribution in [2.45, 2.75) is 161 Å². The van der Waals surface area contributed by atoms with Gasteiger partial charge in [0.25, 0.3) is 10.1 Å². The Morgan fingerprint density at radius 3 is 1.70 bits per heavy atom. The summed E-state index contributed by atoms with van der Waals surface area (Å²) >= 11 is 0. The highest BCUT2D eigenvalue weighted by atomic mass is 32.2. The van der Waals surface area contributed by atoms with Crippen molar-refractivity contribution in [3.63, 3.8) is 0 Å². The molecule has 0 radical (unpaired) electrons. The van der Waals surface area contributed by atoms with E-state index in [-0.39, 0.29) is 5.91 Å². The van der Waals surface area contributed by atoms with E-state index >= 15 is 0 Å². The maximum absolute atomic E-state index is 12.4. The van der Waals surface area contributed by atoms with Crippen molar-refractivity contribution in [1.29, 1.82) is 0 Å². The van der Waals surface area contributed by atoms with E-state index in [2.05, 4.69) is 55.6 Å². The normalized spacial score (nSPS) is 14.0. The molecule has 0 spiro atoms. The number of aliphatic hydroxyl groups is 1. The van der Waals surface area contributed by atoms with Crippen LogP contribution in [0.15, 0.2) is 36.5 Å². The zero-order valence-electron chi connectivity index (χ0n) is 25.7. The lowest BCUT2D eigenvalue weighted by Gasteiger charge is -2.23. The van der Waals surface area contributed by atoms with Crippen molar-refractivity contribution in [2.75, 3.05) is 5.75 Å². The molecule has 0 fully saturated rings. The fourth-order valence-electron chi connectivity index (χ4n) is 4.63. The van der Waals surface area contributed by atoms with Crippen molar-refractivity contribution >= 4 is 16.0 Å². The molecule has 0 heterocycles. The highest BCUT2D eigenvalue weighted by molar-refractivity contribution is 7.85. The molecule has 7 heteroatoms. The molecule has 2 unspecified atom stereocenters. The molecule has 0 aromatic rings. The van der Waals surface area contributed by atoms with Crippen molar-refractivity contribution in [3.8, 4) is 0 Å². The van der Waals surface area contributed by atoms with Crippen molar-refractivity contribution in [1.82, 2.24) is 5.32 Å². The molecule has 6 nitrogen and oxygen atoms in total. The third-order valence-corrected chi connectivity index (χ3v) is 7.88. The van der Waals surface area contributed by atoms with Crippen LogP contribution >= 0.6 is 0 Å². The third-order valence-electron chi connectivity index (χ3n) is 7.10. The summed E-state index contributed by atoms with van der Waals surface area (Å²) in [4.78, 5) is 12.4. The standard InChI is InChI=1S/C33H61NO5S/c1-3-5-7-9-11-12-13-14-15-16-17-18-19-20-21-22-23-25-27-29-33(36)34-31(30-40(37,38)39)32(35)28-26-24-10-8-6-4-2/h11-12,14-15,17-18,31-32,35H,3-10,13,16,19-30H2,1-2H3,(H,34,36)(H,37,38,39)/b12-11-,15-14-,18-17-. The van der Waals surface area contributed by atoms with Crippen LogP contribution in [0, 0.1) is 0 Å². The van der Waals surface area contributed by atoms with Gasteiger partial charge in [-0.1, -0.05) is 127 Å². The summed E-state index contributed by atoms with van der Waals surface area (Å²) in [5.74, 6) is -0.922. The molecule has 0 aromatic carbocycles. The molecule has 0 aliphatic heterocycles. The summed E-state index contributed by atoms with van der Waals surface area (Å²) < 4.78 is 32.1. The van der Waals surface area contributed by atoms with Gasteiger partial charge in [0.15, 0.2) is 0 Å². The van der Waals surface area contributed by atoms with Crippen LogP contribution in [0.3, 0.4) is 0 Å². The van der Waals surface area contributed by atoms with Gasteiger partial charge in [0.1, 0.15) is 0 Å². The first-order chi connectivity index (χ1) is 19.3. The zero-order valence-corrected chi connectivity index (χ0v) is 26.5. The first-order valence-electron chi connectivity index (χ1n) is 16.2. The number of amides is 1. The lowest BCUT2D eigenvalue weighted by atomic mass is 10.0. The summed E-state index contributed by atoms with van der Waals surface area (Å²) in [5.41, 5.74) is 0. The molecule has 0 saturated carbocycles. The van der Waals surface area contributed by atoms with Gasteiger partial charge < -0.3 is 10.4 Å². The fourth-order valence-corrected chi connectivity index (χ4v) is 5.39. The van der Waals surface area contributed by atoms with Crippen LogP contribution in [0.4, 0.5) is 0 Å². The molecule has 0 saturated heterocycles. The van der Waals surface area contributed by atoms with Gasteiger partial charge in [0.05, 0.1) is 17.9 Å². The molecule has 234 valence electrons. The lowest BCUT2D eigenvalue weighted by molar-refractivity contribution is -0.122. The number of carbonyl (C=O) groups excluding carboxylic acids is 1. The predicted molar refractivity (Wildman–Crippen MR) is 170 cm³/mol. The van der Waals surface area contributed by atoms with E-state index in [1.165, 1.54) is 51.4 Å². The van der Waals surface area contributed by atoms with E-state index in [4.69, 9.17) is 0 Å². The fraction of sp³-hybridized carbons (Fsp3) is 0.788. The van der Waals surface area contributed by atoms with Crippen molar-refractivity contribution in [3.05, 3.63) is 36.5 Å². The van der Waals surface area contributed by atoms with E-state index in [0.717, 1.165) is 70.6 Å². The molecule has 2 atom stereocenters. The summed E-state index contributed by atoms with van der Waals surface area (Å²) in [6.45, 7) is 4.39. The molecule has 1 amide bonds. The predicted octanol–water partition coefficient (Wildman–Crippen LogP) is 8.62. The Bertz CT molecular complexity index is 776. The molecule has 0 bridgehead atoms. The van der Waals surface area contributed by atoms with Gasteiger partial charge in [-0.05, 0) is 51.4 Å². The van der Waals surface area contributed by atoms with Crippen LogP contribution in [0.1, 0.15) is 149 Å². The summed E-state index contributed by atoms with van der Waals surface area (Å²) in [7, 11) is -4.30. The third kappa shape index (κ3) is 28.1. The van der Waals surface area contributed by atoms with Gasteiger partial charge in [-0.15, -0.1) is 0 Å². The van der Waals surface area contributed by atoms with E-state index in [1.54, 1.807) is 0 Å². The summed E-state index contributed by atoms with van der Waals surface area (Å²) in [5, 5.41) is 13.1. The second kappa shape index (κ2) is 27.7. The Balaban J connectivity index is 3.91. The first-order valence-corrected chi connectivity index (χ1v) is 17.8. The van der Waals surface area contributed by atoms with Crippen molar-refractivity contribution < 1.29 is 22.9 Å². The minimum absolute atomic E-state index is 0.266. The second-order valence-electron chi connectivity index (χ2n) is 11.1. The minimum atomic E-state index is -4.30. The van der Waals surface area contributed by atoms with E-state index < -0.39 is 28.0 Å². The number of unbranched alkanes of at least 4 members (excludes halogenated alkanes) is 14. The average Bonchev–Trinajstić information content (AvgIpc) is 2.90. The second-order valence-corrected chi connectivity index (χ2v) is 12.6. The molecular formula is C33H61NO5S. The Labute approximate surface area is 246 Å². The molecule has 0 rings (SSSR count). The van der Waals surface area contributed by atoms with E-state index in [9.17, 15) is 22.9 Å². The summed E-state index contributed by atoms with van der Waals surface area (Å²) in [6, 6.07) is -0.973. The number of rotatable bonds is 28. The number of carbonyl (C=O) groups is 1. The van der Waals surface area contributed by atoms with Gasteiger partial charge >= 0.3 is 0 Å². The van der Waals surface area contributed by atoms with Gasteiger partial charge in [-0.25, -0.2) is 0 Å². The smallest absolute Gasteiger partial charge is 0.266 e. The number of allylic oxidation sites excluding steroid dienone is 6. The van der Waals surface area contributed by atoms with E-state index in [1.807, 2.05) is 0 Å². The maximum atomic E-state index is 12.4. The molecule has 40 heavy (non-hydrogen) atoms. The Morgan fingerprint density at radius 1 is 0.675 bits per heavy atom. The minimum Gasteiger partial charge on any atom is -0.391 e. The Kier molecular flexibility index (Phi) is 26.7. The summed E-state index contributed by atoms with van der Waals surface area (Å²) in [6.07, 6.45) is 34.0. The van der Waals surface area contributed by atoms with Crippen LogP contribution in [0.5, 0.6) is 0 Å².